The van der Waals surface area contributed by atoms with E-state index in [1.165, 1.54) is 17.7 Å². The van der Waals surface area contributed by atoms with Crippen molar-refractivity contribution in [2.24, 2.45) is 5.92 Å². The molecule has 0 aromatic heterocycles. The maximum absolute atomic E-state index is 13.8. The van der Waals surface area contributed by atoms with Crippen LogP contribution < -0.4 is 0 Å². The number of halogens is 2. The summed E-state index contributed by atoms with van der Waals surface area (Å²) in [5.41, 5.74) is 4.12. The third kappa shape index (κ3) is 2.83. The second-order valence-electron chi connectivity index (χ2n) is 7.45. The normalized spacial score (nSPS) is 24.8. The summed E-state index contributed by atoms with van der Waals surface area (Å²) in [4.78, 5) is 0.128. The molecule has 0 N–H and O–H groups in total. The third-order valence-corrected chi connectivity index (χ3v) is 8.24. The Balaban J connectivity index is 1.87. The first-order valence-corrected chi connectivity index (χ1v) is 11.1. The molecule has 26 heavy (non-hydrogen) atoms. The molecule has 0 bridgehead atoms. The predicted octanol–water partition coefficient (Wildman–Crippen LogP) is 4.77. The molecular weight excluding hydrogens is 417 g/mol. The Labute approximate surface area is 162 Å². The van der Waals surface area contributed by atoms with Crippen molar-refractivity contribution in [3.63, 3.8) is 0 Å². The summed E-state index contributed by atoms with van der Waals surface area (Å²) in [5, 5.41) is 0. The van der Waals surface area contributed by atoms with Crippen molar-refractivity contribution in [3.05, 3.63) is 62.9 Å². The van der Waals surface area contributed by atoms with Gasteiger partial charge in [-0.25, -0.2) is 12.8 Å². The summed E-state index contributed by atoms with van der Waals surface area (Å²) in [7, 11) is -3.75. The standard InChI is InChI=1S/C20H21BrFNO2S/c1-12-9-14-4-5-15(22)10-19(14)26(24,25)23(11-12)18-8-6-16-17(21)7-3-13(2)20(16)18/h3-5,7,10,12,18H,6,8-9,11H2,1-2H3/t12-,18+/m0/s1. The van der Waals surface area contributed by atoms with Crippen LogP contribution in [-0.2, 0) is 22.9 Å². The van der Waals surface area contributed by atoms with Gasteiger partial charge in [-0.3, -0.25) is 0 Å². The SMILES string of the molecule is Cc1ccc(Br)c2c1[C@H](N1C[C@@H](C)Cc3ccc(F)cc3S1(=O)=O)CC2. The second-order valence-corrected chi connectivity index (χ2v) is 10.2. The Kier molecular flexibility index (Phi) is 4.48. The quantitative estimate of drug-likeness (QED) is 0.644. The van der Waals surface area contributed by atoms with Gasteiger partial charge in [0.15, 0.2) is 0 Å². The average Bonchev–Trinajstić information content (AvgIpc) is 2.99. The first-order chi connectivity index (χ1) is 12.3. The second kappa shape index (κ2) is 6.43. The van der Waals surface area contributed by atoms with Crippen LogP contribution in [0.2, 0.25) is 0 Å². The van der Waals surface area contributed by atoms with Gasteiger partial charge in [-0.2, -0.15) is 4.31 Å². The molecule has 2 aromatic rings. The fourth-order valence-electron chi connectivity index (χ4n) is 4.39. The molecule has 138 valence electrons. The molecule has 1 heterocycles. The summed E-state index contributed by atoms with van der Waals surface area (Å²) >= 11 is 3.61. The lowest BCUT2D eigenvalue weighted by atomic mass is 9.99. The smallest absolute Gasteiger partial charge is 0.207 e. The summed E-state index contributed by atoms with van der Waals surface area (Å²) < 4.78 is 43.4. The molecule has 2 aromatic carbocycles. The van der Waals surface area contributed by atoms with Gasteiger partial charge in [0, 0.05) is 11.0 Å². The Bertz CT molecular complexity index is 990. The van der Waals surface area contributed by atoms with Crippen LogP contribution >= 0.6 is 15.9 Å². The lowest BCUT2D eigenvalue weighted by Crippen LogP contribution is -2.36. The number of rotatable bonds is 1. The summed E-state index contributed by atoms with van der Waals surface area (Å²) in [6.07, 6.45) is 2.25. The van der Waals surface area contributed by atoms with Gasteiger partial charge >= 0.3 is 0 Å². The number of nitrogens with zero attached hydrogens (tertiary/aromatic N) is 1. The molecule has 0 radical (unpaired) electrons. The van der Waals surface area contributed by atoms with E-state index in [9.17, 15) is 12.8 Å². The number of aryl methyl sites for hydroxylation is 1. The molecule has 0 saturated carbocycles. The Hall–Kier alpha value is -1.24. The van der Waals surface area contributed by atoms with Gasteiger partial charge in [-0.15, -0.1) is 0 Å². The largest absolute Gasteiger partial charge is 0.244 e. The Morgan fingerprint density at radius 1 is 1.23 bits per heavy atom. The maximum atomic E-state index is 13.8. The zero-order valence-electron chi connectivity index (χ0n) is 14.8. The minimum atomic E-state index is -3.75. The molecule has 4 rings (SSSR count). The van der Waals surface area contributed by atoms with Gasteiger partial charge in [0.1, 0.15) is 5.82 Å². The van der Waals surface area contributed by atoms with Crippen LogP contribution in [0.25, 0.3) is 0 Å². The van der Waals surface area contributed by atoms with Gasteiger partial charge in [0.05, 0.1) is 10.9 Å². The average molecular weight is 438 g/mol. The zero-order chi connectivity index (χ0) is 18.6. The fraction of sp³-hybridized carbons (Fsp3) is 0.400. The van der Waals surface area contributed by atoms with E-state index in [1.54, 1.807) is 10.4 Å². The zero-order valence-corrected chi connectivity index (χ0v) is 17.2. The molecule has 0 unspecified atom stereocenters. The van der Waals surface area contributed by atoms with Crippen LogP contribution in [-0.4, -0.2) is 19.3 Å². The number of benzene rings is 2. The first-order valence-electron chi connectivity index (χ1n) is 8.87. The van der Waals surface area contributed by atoms with E-state index in [2.05, 4.69) is 22.9 Å². The first kappa shape index (κ1) is 18.1. The number of hydrogen-bond donors (Lipinski definition) is 0. The van der Waals surface area contributed by atoms with Crippen LogP contribution in [0.1, 0.15) is 41.6 Å². The highest BCUT2D eigenvalue weighted by molar-refractivity contribution is 9.10. The van der Waals surface area contributed by atoms with Crippen molar-refractivity contribution in [2.45, 2.75) is 44.0 Å². The molecule has 2 atom stereocenters. The molecule has 0 amide bonds. The van der Waals surface area contributed by atoms with Crippen LogP contribution in [0.5, 0.6) is 0 Å². The van der Waals surface area contributed by atoms with Gasteiger partial charge in [-0.1, -0.05) is 35.0 Å². The van der Waals surface area contributed by atoms with E-state index < -0.39 is 15.8 Å². The molecule has 0 fully saturated rings. The highest BCUT2D eigenvalue weighted by Gasteiger charge is 2.41. The van der Waals surface area contributed by atoms with Gasteiger partial charge in [0.2, 0.25) is 10.0 Å². The van der Waals surface area contributed by atoms with Crippen LogP contribution in [0, 0.1) is 18.7 Å². The highest BCUT2D eigenvalue weighted by Crippen LogP contribution is 2.44. The minimum absolute atomic E-state index is 0.128. The van der Waals surface area contributed by atoms with Crippen LogP contribution in [0.15, 0.2) is 39.7 Å². The molecular formula is C20H21BrFNO2S. The van der Waals surface area contributed by atoms with E-state index in [4.69, 9.17) is 0 Å². The fourth-order valence-corrected chi connectivity index (χ4v) is 6.93. The third-order valence-electron chi connectivity index (χ3n) is 5.54. The van der Waals surface area contributed by atoms with Crippen molar-refractivity contribution in [1.82, 2.24) is 4.31 Å². The molecule has 6 heteroatoms. The monoisotopic (exact) mass is 437 g/mol. The summed E-state index contributed by atoms with van der Waals surface area (Å²) in [6.45, 7) is 4.55. The van der Waals surface area contributed by atoms with E-state index in [1.807, 2.05) is 19.1 Å². The predicted molar refractivity (Wildman–Crippen MR) is 103 cm³/mol. The van der Waals surface area contributed by atoms with E-state index in [0.717, 1.165) is 28.4 Å². The molecule has 1 aliphatic carbocycles. The van der Waals surface area contributed by atoms with Crippen molar-refractivity contribution < 1.29 is 12.8 Å². The summed E-state index contributed by atoms with van der Waals surface area (Å²) in [5.74, 6) is -0.333. The minimum Gasteiger partial charge on any atom is -0.207 e. The van der Waals surface area contributed by atoms with Gasteiger partial charge in [0.25, 0.3) is 0 Å². The Morgan fingerprint density at radius 3 is 2.77 bits per heavy atom. The lowest BCUT2D eigenvalue weighted by molar-refractivity contribution is 0.289. The van der Waals surface area contributed by atoms with Crippen molar-refractivity contribution in [2.75, 3.05) is 6.54 Å². The van der Waals surface area contributed by atoms with Crippen molar-refractivity contribution in [3.8, 4) is 0 Å². The van der Waals surface area contributed by atoms with Crippen molar-refractivity contribution in [1.29, 1.82) is 0 Å². The van der Waals surface area contributed by atoms with E-state index in [0.29, 0.717) is 18.5 Å². The van der Waals surface area contributed by atoms with Crippen molar-refractivity contribution >= 4 is 26.0 Å². The molecule has 2 aliphatic rings. The number of fused-ring (bicyclic) bond motifs is 2. The van der Waals surface area contributed by atoms with Gasteiger partial charge < -0.3 is 0 Å². The van der Waals surface area contributed by atoms with Crippen LogP contribution in [0.3, 0.4) is 0 Å². The Morgan fingerprint density at radius 2 is 2.00 bits per heavy atom. The van der Waals surface area contributed by atoms with Crippen LogP contribution in [0.4, 0.5) is 4.39 Å². The maximum Gasteiger partial charge on any atom is 0.244 e. The molecule has 1 aliphatic heterocycles. The number of sulfonamides is 1. The van der Waals surface area contributed by atoms with Gasteiger partial charge in [-0.05, 0) is 72.6 Å². The number of hydrogen-bond acceptors (Lipinski definition) is 2. The molecule has 0 spiro atoms. The van der Waals surface area contributed by atoms with E-state index in [-0.39, 0.29) is 16.9 Å². The topological polar surface area (TPSA) is 37.4 Å². The van der Waals surface area contributed by atoms with E-state index >= 15 is 0 Å². The molecule has 3 nitrogen and oxygen atoms in total. The molecule has 0 saturated heterocycles. The summed E-state index contributed by atoms with van der Waals surface area (Å²) in [6, 6.07) is 8.02. The highest BCUT2D eigenvalue weighted by atomic mass is 79.9. The lowest BCUT2D eigenvalue weighted by Gasteiger charge is -2.30.